The Hall–Kier alpha value is -3.51. The normalized spacial score (nSPS) is 23.6. The van der Waals surface area contributed by atoms with Gasteiger partial charge in [0.1, 0.15) is 5.69 Å². The lowest BCUT2D eigenvalue weighted by Crippen LogP contribution is -2.41. The minimum atomic E-state index is -2.80. The van der Waals surface area contributed by atoms with E-state index in [-0.39, 0.29) is 74.4 Å². The Morgan fingerprint density at radius 2 is 1.79 bits per heavy atom. The maximum atomic E-state index is 14.1. The molecule has 2 N–H and O–H groups in total. The van der Waals surface area contributed by atoms with E-state index in [1.165, 1.54) is 16.8 Å². The zero-order valence-electron chi connectivity index (χ0n) is 25.9. The molecule has 3 aliphatic carbocycles. The fraction of sp³-hybridized carbons (Fsp3) is 0.621. The zero-order valence-corrected chi connectivity index (χ0v) is 22.9. The van der Waals surface area contributed by atoms with Crippen molar-refractivity contribution in [2.75, 3.05) is 0 Å². The Morgan fingerprint density at radius 3 is 2.45 bits per heavy atom. The quantitative estimate of drug-likeness (QED) is 0.334. The van der Waals surface area contributed by atoms with Crippen molar-refractivity contribution in [2.24, 2.45) is 24.7 Å². The molecule has 2 amide bonds. The van der Waals surface area contributed by atoms with Gasteiger partial charge in [-0.1, -0.05) is 6.42 Å². The van der Waals surface area contributed by atoms with Crippen LogP contribution >= 0.6 is 0 Å². The molecule has 3 aliphatic rings. The van der Waals surface area contributed by atoms with Crippen LogP contribution < -0.4 is 10.6 Å². The molecule has 42 heavy (non-hydrogen) atoms. The number of nitrogens with zero attached hydrogens (tertiary/aromatic N) is 5. The molecular formula is C29H35F4N7O2. The van der Waals surface area contributed by atoms with Gasteiger partial charge in [0.25, 0.3) is 5.91 Å². The topological polar surface area (TPSA) is 106 Å². The minimum absolute atomic E-state index is 0.0322. The smallest absolute Gasteiger partial charge is 0.270 e. The molecule has 0 unspecified atom stereocenters. The van der Waals surface area contributed by atoms with Crippen LogP contribution in [0.2, 0.25) is 0 Å². The van der Waals surface area contributed by atoms with E-state index in [0.717, 1.165) is 19.3 Å². The highest BCUT2D eigenvalue weighted by Crippen LogP contribution is 2.45. The first-order chi connectivity index (χ1) is 21.2. The molecule has 13 heteroatoms. The molecule has 226 valence electrons. The second-order valence-electron chi connectivity index (χ2n) is 12.1. The van der Waals surface area contributed by atoms with Crippen LogP contribution in [-0.4, -0.2) is 48.0 Å². The molecule has 3 aromatic heterocycles. The first kappa shape index (κ1) is 25.0. The van der Waals surface area contributed by atoms with Gasteiger partial charge in [-0.3, -0.25) is 14.3 Å². The zero-order chi connectivity index (χ0) is 32.1. The number of hydrogen-bond acceptors (Lipinski definition) is 5. The summed E-state index contributed by atoms with van der Waals surface area (Å²) in [4.78, 5) is 30.9. The maximum absolute atomic E-state index is 14.1. The van der Waals surface area contributed by atoms with Crippen LogP contribution in [0.1, 0.15) is 102 Å². The van der Waals surface area contributed by atoms with Gasteiger partial charge in [-0.05, 0) is 61.1 Å². The molecule has 0 spiro atoms. The van der Waals surface area contributed by atoms with Crippen molar-refractivity contribution < 1.29 is 31.3 Å². The predicted octanol–water partition coefficient (Wildman–Crippen LogP) is 5.15. The van der Waals surface area contributed by atoms with E-state index in [0.29, 0.717) is 21.6 Å². The van der Waals surface area contributed by atoms with Gasteiger partial charge in [-0.15, -0.1) is 0 Å². The van der Waals surface area contributed by atoms with Gasteiger partial charge < -0.3 is 10.6 Å². The largest absolute Gasteiger partial charge is 0.349 e. The summed E-state index contributed by atoms with van der Waals surface area (Å²) < 4.78 is 79.9. The number of amides is 2. The lowest BCUT2D eigenvalue weighted by molar-refractivity contribution is -0.134. The van der Waals surface area contributed by atoms with Crippen molar-refractivity contribution in [3.63, 3.8) is 0 Å². The minimum Gasteiger partial charge on any atom is -0.349 e. The highest BCUT2D eigenvalue weighted by molar-refractivity contribution is 5.92. The molecule has 3 fully saturated rings. The highest BCUT2D eigenvalue weighted by atomic mass is 19.3. The van der Waals surface area contributed by atoms with E-state index in [2.05, 4.69) is 20.8 Å². The van der Waals surface area contributed by atoms with E-state index >= 15 is 0 Å². The number of halogens is 4. The molecule has 0 bridgehead atoms. The fourth-order valence-electron chi connectivity index (χ4n) is 6.42. The Labute approximate surface area is 244 Å². The van der Waals surface area contributed by atoms with Gasteiger partial charge in [-0.2, -0.15) is 10.2 Å². The van der Waals surface area contributed by atoms with Crippen molar-refractivity contribution in [3.8, 4) is 0 Å². The fourth-order valence-corrected chi connectivity index (χ4v) is 6.42. The Morgan fingerprint density at radius 1 is 1.05 bits per heavy atom. The number of fused-ring (bicyclic) bond motifs is 1. The number of carbonyl (C=O) groups is 2. The van der Waals surface area contributed by atoms with Crippen LogP contribution in [0.3, 0.4) is 0 Å². The third-order valence-corrected chi connectivity index (χ3v) is 9.02. The molecule has 0 radical (unpaired) electrons. The SMILES string of the molecule is [2H]C([2H])([2H])n1nccc1C(=O)N[C@H](c1cn2ncc([C@@H](NC(=O)CC3CC(F)(F)C3)C3CCC3)cc2n1)C1CCC(F)(F)CC1. The van der Waals surface area contributed by atoms with Gasteiger partial charge in [0, 0.05) is 49.4 Å². The van der Waals surface area contributed by atoms with E-state index in [4.69, 9.17) is 9.10 Å². The summed E-state index contributed by atoms with van der Waals surface area (Å²) in [5.41, 5.74) is 1.29. The molecule has 6 rings (SSSR count). The third kappa shape index (κ3) is 6.00. The van der Waals surface area contributed by atoms with Crippen molar-refractivity contribution >= 4 is 17.5 Å². The van der Waals surface area contributed by atoms with Gasteiger partial charge >= 0.3 is 0 Å². The number of nitrogens with one attached hydrogen (secondary N) is 2. The second kappa shape index (κ2) is 11.0. The Bertz CT molecular complexity index is 1550. The van der Waals surface area contributed by atoms with Gasteiger partial charge in [0.15, 0.2) is 5.65 Å². The summed E-state index contributed by atoms with van der Waals surface area (Å²) in [5.74, 6) is -7.10. The van der Waals surface area contributed by atoms with Gasteiger partial charge in [-0.25, -0.2) is 27.1 Å². The molecule has 0 aliphatic heterocycles. The van der Waals surface area contributed by atoms with Crippen LogP contribution in [-0.2, 0) is 11.8 Å². The average molecular weight is 593 g/mol. The molecule has 0 aromatic carbocycles. The second-order valence-corrected chi connectivity index (χ2v) is 12.1. The third-order valence-electron chi connectivity index (χ3n) is 9.02. The lowest BCUT2D eigenvalue weighted by Gasteiger charge is -2.37. The molecule has 3 saturated carbocycles. The molecule has 3 aromatic rings. The van der Waals surface area contributed by atoms with Crippen molar-refractivity contribution in [1.82, 2.24) is 35.0 Å². The van der Waals surface area contributed by atoms with Crippen LogP contribution in [0, 0.1) is 17.8 Å². The summed E-state index contributed by atoms with van der Waals surface area (Å²) >= 11 is 0. The van der Waals surface area contributed by atoms with E-state index < -0.39 is 36.7 Å². The van der Waals surface area contributed by atoms with Crippen molar-refractivity contribution in [2.45, 2.75) is 88.1 Å². The standard InChI is InChI=1S/C29H35F4N7O2/c1-39-22(7-10-34-39)27(42)38-26(19-5-8-28(30,31)9-6-19)21-16-40-23(36-21)12-20(15-35-40)25(18-3-2-4-18)37-24(41)11-17-13-29(32,33)14-17/h7,10,12,15-19,25-26H,2-6,8-9,11,13-14H2,1H3,(H,37,41)(H,38,42)/t25-,26-/m0/s1/i1D3. The average Bonchev–Trinajstić information content (AvgIpc) is 3.57. The summed E-state index contributed by atoms with van der Waals surface area (Å²) in [6.45, 7) is -2.70. The summed E-state index contributed by atoms with van der Waals surface area (Å²) in [6, 6.07) is 1.85. The Balaban J connectivity index is 1.25. The number of imidazole rings is 1. The van der Waals surface area contributed by atoms with Crippen LogP contribution in [0.15, 0.2) is 30.7 Å². The van der Waals surface area contributed by atoms with Gasteiger partial charge in [0.05, 0.1) is 30.2 Å². The molecule has 9 nitrogen and oxygen atoms in total. The Kier molecular flexibility index (Phi) is 6.53. The summed E-state index contributed by atoms with van der Waals surface area (Å²) in [5, 5.41) is 14.1. The molecule has 3 heterocycles. The number of aromatic nitrogens is 5. The maximum Gasteiger partial charge on any atom is 0.270 e. The predicted molar refractivity (Wildman–Crippen MR) is 144 cm³/mol. The molecule has 2 atom stereocenters. The summed E-state index contributed by atoms with van der Waals surface area (Å²) in [7, 11) is 0. The van der Waals surface area contributed by atoms with E-state index in [1.807, 2.05) is 0 Å². The van der Waals surface area contributed by atoms with Crippen LogP contribution in [0.25, 0.3) is 5.65 Å². The first-order valence-electron chi connectivity index (χ1n) is 15.9. The number of hydrogen-bond donors (Lipinski definition) is 2. The van der Waals surface area contributed by atoms with Gasteiger partial charge in [0.2, 0.25) is 17.8 Å². The van der Waals surface area contributed by atoms with E-state index in [1.54, 1.807) is 18.5 Å². The van der Waals surface area contributed by atoms with Crippen LogP contribution in [0.4, 0.5) is 17.6 Å². The number of rotatable bonds is 9. The number of carbonyl (C=O) groups excluding carboxylic acids is 2. The molecule has 0 saturated heterocycles. The van der Waals surface area contributed by atoms with Crippen LogP contribution in [0.5, 0.6) is 0 Å². The monoisotopic (exact) mass is 592 g/mol. The summed E-state index contributed by atoms with van der Waals surface area (Å²) in [6.07, 6.45) is 6.21. The van der Waals surface area contributed by atoms with Crippen molar-refractivity contribution in [3.05, 3.63) is 47.7 Å². The highest BCUT2D eigenvalue weighted by Gasteiger charge is 2.46. The number of aryl methyl sites for hydroxylation is 1. The first-order valence-corrected chi connectivity index (χ1v) is 14.4. The molecular weight excluding hydrogens is 554 g/mol. The number of alkyl halides is 4. The lowest BCUT2D eigenvalue weighted by atomic mass is 9.76. The van der Waals surface area contributed by atoms with E-state index in [9.17, 15) is 27.2 Å². The van der Waals surface area contributed by atoms with Crippen molar-refractivity contribution in [1.29, 1.82) is 0 Å².